The standard InChI is InChI=1S/C11H7NS/c12-8-10-6-7-11(13-10)9-4-2-1-3-5-9/h1-7H. The fourth-order valence-electron chi connectivity index (χ4n) is 1.16. The van der Waals surface area contributed by atoms with Gasteiger partial charge in [0.15, 0.2) is 0 Å². The number of nitrogens with zero attached hydrogens (tertiary/aromatic N) is 1. The zero-order valence-electron chi connectivity index (χ0n) is 6.90. The number of nitriles is 1. The summed E-state index contributed by atoms with van der Waals surface area (Å²) < 4.78 is 0. The quantitative estimate of drug-likeness (QED) is 0.668. The molecule has 0 saturated heterocycles. The monoisotopic (exact) mass is 185 g/mol. The van der Waals surface area contributed by atoms with Gasteiger partial charge in [0.25, 0.3) is 0 Å². The third-order valence-corrected chi connectivity index (χ3v) is 2.81. The van der Waals surface area contributed by atoms with Crippen molar-refractivity contribution in [1.29, 1.82) is 5.26 Å². The van der Waals surface area contributed by atoms with Gasteiger partial charge in [-0.05, 0) is 17.7 Å². The highest BCUT2D eigenvalue weighted by atomic mass is 32.1. The summed E-state index contributed by atoms with van der Waals surface area (Å²) in [5.74, 6) is 0. The van der Waals surface area contributed by atoms with Gasteiger partial charge in [-0.2, -0.15) is 5.26 Å². The number of rotatable bonds is 1. The molecule has 0 unspecified atom stereocenters. The molecule has 2 rings (SSSR count). The Morgan fingerprint density at radius 3 is 2.38 bits per heavy atom. The van der Waals surface area contributed by atoms with Crippen LogP contribution < -0.4 is 0 Å². The second-order valence-electron chi connectivity index (χ2n) is 2.64. The van der Waals surface area contributed by atoms with Crippen LogP contribution >= 0.6 is 11.3 Å². The average Bonchev–Trinajstić information content (AvgIpc) is 2.67. The highest BCUT2D eigenvalue weighted by Crippen LogP contribution is 2.26. The van der Waals surface area contributed by atoms with E-state index in [0.717, 1.165) is 9.75 Å². The minimum atomic E-state index is 0.763. The molecule has 0 bridgehead atoms. The molecule has 1 aromatic carbocycles. The Hall–Kier alpha value is -1.59. The lowest BCUT2D eigenvalue weighted by Gasteiger charge is -1.93. The summed E-state index contributed by atoms with van der Waals surface area (Å²) in [5, 5.41) is 8.66. The summed E-state index contributed by atoms with van der Waals surface area (Å²) in [7, 11) is 0. The lowest BCUT2D eigenvalue weighted by molar-refractivity contribution is 1.52. The van der Waals surface area contributed by atoms with Crippen molar-refractivity contribution in [3.05, 3.63) is 47.3 Å². The lowest BCUT2D eigenvalue weighted by Crippen LogP contribution is -1.67. The van der Waals surface area contributed by atoms with Gasteiger partial charge >= 0.3 is 0 Å². The molecule has 1 nitrogen and oxygen atoms in total. The number of benzene rings is 1. The van der Waals surface area contributed by atoms with Gasteiger partial charge in [-0.3, -0.25) is 0 Å². The summed E-state index contributed by atoms with van der Waals surface area (Å²) in [6, 6.07) is 16.1. The first kappa shape index (κ1) is 8.03. The van der Waals surface area contributed by atoms with E-state index in [1.165, 1.54) is 16.9 Å². The van der Waals surface area contributed by atoms with Crippen LogP contribution in [0.15, 0.2) is 42.5 Å². The molecule has 0 spiro atoms. The molecule has 0 amide bonds. The number of hydrogen-bond donors (Lipinski definition) is 0. The fourth-order valence-corrected chi connectivity index (χ4v) is 1.96. The van der Waals surface area contributed by atoms with Crippen LogP contribution in [0.5, 0.6) is 0 Å². The Morgan fingerprint density at radius 2 is 1.77 bits per heavy atom. The van der Waals surface area contributed by atoms with E-state index in [4.69, 9.17) is 5.26 Å². The molecule has 1 heterocycles. The Bertz CT molecular complexity index is 437. The van der Waals surface area contributed by atoms with Gasteiger partial charge < -0.3 is 0 Å². The van der Waals surface area contributed by atoms with Crippen LogP contribution in [0, 0.1) is 11.3 Å². The summed E-state index contributed by atoms with van der Waals surface area (Å²) in [4.78, 5) is 1.91. The molecule has 0 atom stereocenters. The fraction of sp³-hybridized carbons (Fsp3) is 0. The smallest absolute Gasteiger partial charge is 0.110 e. The third-order valence-electron chi connectivity index (χ3n) is 1.77. The minimum absolute atomic E-state index is 0.763. The largest absolute Gasteiger partial charge is 0.192 e. The Balaban J connectivity index is 2.43. The van der Waals surface area contributed by atoms with Gasteiger partial charge in [0.2, 0.25) is 0 Å². The van der Waals surface area contributed by atoms with Crippen LogP contribution in [-0.4, -0.2) is 0 Å². The molecule has 0 saturated carbocycles. The first-order valence-corrected chi connectivity index (χ1v) is 4.77. The zero-order chi connectivity index (χ0) is 9.10. The normalized spacial score (nSPS) is 9.46. The zero-order valence-corrected chi connectivity index (χ0v) is 7.71. The average molecular weight is 185 g/mol. The van der Waals surface area contributed by atoms with E-state index in [9.17, 15) is 0 Å². The topological polar surface area (TPSA) is 23.8 Å². The van der Waals surface area contributed by atoms with Crippen molar-refractivity contribution < 1.29 is 0 Å². The predicted molar refractivity (Wildman–Crippen MR) is 54.5 cm³/mol. The first-order valence-electron chi connectivity index (χ1n) is 3.95. The molecule has 2 heteroatoms. The van der Waals surface area contributed by atoms with Crippen molar-refractivity contribution in [3.63, 3.8) is 0 Å². The minimum Gasteiger partial charge on any atom is -0.192 e. The highest BCUT2D eigenvalue weighted by Gasteiger charge is 2.00. The molecule has 0 aliphatic heterocycles. The van der Waals surface area contributed by atoms with Gasteiger partial charge in [-0.15, -0.1) is 11.3 Å². The molecule has 13 heavy (non-hydrogen) atoms. The van der Waals surface area contributed by atoms with Crippen molar-refractivity contribution >= 4 is 11.3 Å². The van der Waals surface area contributed by atoms with Gasteiger partial charge in [-0.25, -0.2) is 0 Å². The van der Waals surface area contributed by atoms with Crippen LogP contribution in [0.3, 0.4) is 0 Å². The molecule has 1 aromatic heterocycles. The molecular weight excluding hydrogens is 178 g/mol. The Labute approximate surface area is 80.9 Å². The molecule has 0 aliphatic rings. The van der Waals surface area contributed by atoms with E-state index in [1.807, 2.05) is 42.5 Å². The van der Waals surface area contributed by atoms with Crippen molar-refractivity contribution in [1.82, 2.24) is 0 Å². The van der Waals surface area contributed by atoms with E-state index in [2.05, 4.69) is 6.07 Å². The van der Waals surface area contributed by atoms with E-state index >= 15 is 0 Å². The second kappa shape index (κ2) is 3.42. The van der Waals surface area contributed by atoms with Gasteiger partial charge in [0.05, 0.1) is 0 Å². The van der Waals surface area contributed by atoms with Crippen molar-refractivity contribution in [2.75, 3.05) is 0 Å². The van der Waals surface area contributed by atoms with E-state index in [1.54, 1.807) is 0 Å². The van der Waals surface area contributed by atoms with Gasteiger partial charge in [-0.1, -0.05) is 30.3 Å². The Morgan fingerprint density at radius 1 is 1.00 bits per heavy atom. The van der Waals surface area contributed by atoms with Crippen molar-refractivity contribution in [3.8, 4) is 16.5 Å². The van der Waals surface area contributed by atoms with E-state index in [-0.39, 0.29) is 0 Å². The van der Waals surface area contributed by atoms with Crippen LogP contribution in [0.4, 0.5) is 0 Å². The van der Waals surface area contributed by atoms with E-state index in [0.29, 0.717) is 0 Å². The van der Waals surface area contributed by atoms with Crippen LogP contribution in [0.2, 0.25) is 0 Å². The SMILES string of the molecule is N#Cc1ccc(-c2ccccc2)s1. The predicted octanol–water partition coefficient (Wildman–Crippen LogP) is 3.29. The molecule has 62 valence electrons. The summed E-state index contributed by atoms with van der Waals surface area (Å²) in [6.07, 6.45) is 0. The molecule has 0 N–H and O–H groups in total. The summed E-state index contributed by atoms with van der Waals surface area (Å²) in [6.45, 7) is 0. The van der Waals surface area contributed by atoms with Crippen LogP contribution in [-0.2, 0) is 0 Å². The highest BCUT2D eigenvalue weighted by molar-refractivity contribution is 7.16. The van der Waals surface area contributed by atoms with E-state index < -0.39 is 0 Å². The second-order valence-corrected chi connectivity index (χ2v) is 3.73. The number of thiophene rings is 1. The van der Waals surface area contributed by atoms with Crippen LogP contribution in [0.1, 0.15) is 4.88 Å². The summed E-state index contributed by atoms with van der Waals surface area (Å²) in [5.41, 5.74) is 1.18. The first-order chi connectivity index (χ1) is 6.40. The number of hydrogen-bond acceptors (Lipinski definition) is 2. The maximum atomic E-state index is 8.66. The van der Waals surface area contributed by atoms with Gasteiger partial charge in [0.1, 0.15) is 10.9 Å². The molecule has 2 aromatic rings. The molecule has 0 radical (unpaired) electrons. The maximum Gasteiger partial charge on any atom is 0.110 e. The molecular formula is C11H7NS. The summed E-state index contributed by atoms with van der Waals surface area (Å²) >= 11 is 1.52. The van der Waals surface area contributed by atoms with Gasteiger partial charge in [0, 0.05) is 4.88 Å². The van der Waals surface area contributed by atoms with Crippen molar-refractivity contribution in [2.45, 2.75) is 0 Å². The van der Waals surface area contributed by atoms with Crippen molar-refractivity contribution in [2.24, 2.45) is 0 Å². The van der Waals surface area contributed by atoms with Crippen LogP contribution in [0.25, 0.3) is 10.4 Å². The lowest BCUT2D eigenvalue weighted by atomic mass is 10.2. The molecule has 0 aliphatic carbocycles. The third kappa shape index (κ3) is 1.61. The maximum absolute atomic E-state index is 8.66. The Kier molecular flexibility index (Phi) is 2.11. The molecule has 0 fully saturated rings.